The first-order valence-corrected chi connectivity index (χ1v) is 6.67. The quantitative estimate of drug-likeness (QED) is 0.803. The highest BCUT2D eigenvalue weighted by atomic mass is 16.5. The van der Waals surface area contributed by atoms with E-state index in [1.807, 2.05) is 0 Å². The number of nitrogens with one attached hydrogen (secondary N) is 1. The number of rotatable bonds is 1. The number of carbonyl (C=O) groups is 1. The van der Waals surface area contributed by atoms with E-state index >= 15 is 0 Å². The molecule has 1 spiro atoms. The monoisotopic (exact) mass is 263 g/mol. The van der Waals surface area contributed by atoms with Crippen LogP contribution in [0.2, 0.25) is 0 Å². The number of nitrogens with zero attached hydrogens (tertiary/aromatic N) is 2. The van der Waals surface area contributed by atoms with E-state index in [1.54, 1.807) is 4.90 Å². The largest absolute Gasteiger partial charge is 0.371 e. The molecule has 3 rings (SSSR count). The summed E-state index contributed by atoms with van der Waals surface area (Å²) in [6.45, 7) is 1.79. The van der Waals surface area contributed by atoms with E-state index in [1.165, 1.54) is 19.0 Å². The molecule has 0 bridgehead atoms. The maximum atomic E-state index is 12.3. The summed E-state index contributed by atoms with van der Waals surface area (Å²) in [5.41, 5.74) is -0.156. The van der Waals surface area contributed by atoms with Crippen molar-refractivity contribution in [1.29, 1.82) is 0 Å². The minimum absolute atomic E-state index is 0.133. The van der Waals surface area contributed by atoms with Gasteiger partial charge in [-0.1, -0.05) is 12.8 Å². The number of hydrogen-bond acceptors (Lipinski definition) is 4. The smallest absolute Gasteiger partial charge is 0.274 e. The number of hydrogen-bond donors (Lipinski definition) is 1. The van der Waals surface area contributed by atoms with E-state index < -0.39 is 0 Å². The van der Waals surface area contributed by atoms with Crippen LogP contribution in [0.4, 0.5) is 0 Å². The molecule has 1 saturated carbocycles. The van der Waals surface area contributed by atoms with Crippen LogP contribution in [0.15, 0.2) is 17.2 Å². The zero-order valence-electron chi connectivity index (χ0n) is 10.7. The van der Waals surface area contributed by atoms with Crippen LogP contribution in [0.1, 0.15) is 36.2 Å². The van der Waals surface area contributed by atoms with E-state index in [2.05, 4.69) is 9.97 Å². The first-order chi connectivity index (χ1) is 9.19. The lowest BCUT2D eigenvalue weighted by Crippen LogP contribution is -2.52. The van der Waals surface area contributed by atoms with E-state index in [-0.39, 0.29) is 22.8 Å². The molecule has 2 aliphatic rings. The van der Waals surface area contributed by atoms with Gasteiger partial charge in [-0.3, -0.25) is 9.59 Å². The van der Waals surface area contributed by atoms with Gasteiger partial charge in [0.15, 0.2) is 0 Å². The number of aromatic nitrogens is 2. The molecule has 1 aromatic heterocycles. The highest BCUT2D eigenvalue weighted by Crippen LogP contribution is 2.36. The Morgan fingerprint density at radius 3 is 2.89 bits per heavy atom. The molecular formula is C13H17N3O3. The van der Waals surface area contributed by atoms with Crippen molar-refractivity contribution >= 4 is 5.91 Å². The van der Waals surface area contributed by atoms with Crippen LogP contribution >= 0.6 is 0 Å². The predicted octanol–water partition coefficient (Wildman–Crippen LogP) is 0.555. The van der Waals surface area contributed by atoms with Crippen molar-refractivity contribution in [2.24, 2.45) is 0 Å². The number of carbonyl (C=O) groups excluding carboxylic acids is 1. The minimum atomic E-state index is -0.300. The second-order valence-corrected chi connectivity index (χ2v) is 5.26. The predicted molar refractivity (Wildman–Crippen MR) is 67.9 cm³/mol. The Balaban J connectivity index is 1.76. The van der Waals surface area contributed by atoms with Crippen LogP contribution in [0.5, 0.6) is 0 Å². The van der Waals surface area contributed by atoms with Gasteiger partial charge < -0.3 is 14.6 Å². The Kier molecular flexibility index (Phi) is 3.10. The Bertz CT molecular complexity index is 514. The van der Waals surface area contributed by atoms with E-state index in [4.69, 9.17) is 4.74 Å². The molecule has 1 amide bonds. The van der Waals surface area contributed by atoms with E-state index in [0.29, 0.717) is 19.7 Å². The van der Waals surface area contributed by atoms with E-state index in [9.17, 15) is 9.59 Å². The van der Waals surface area contributed by atoms with Gasteiger partial charge in [0, 0.05) is 12.7 Å². The third kappa shape index (κ3) is 2.40. The fraction of sp³-hybridized carbons (Fsp3) is 0.615. The van der Waals surface area contributed by atoms with Gasteiger partial charge in [-0.25, -0.2) is 4.98 Å². The van der Waals surface area contributed by atoms with Crippen molar-refractivity contribution in [2.45, 2.75) is 31.3 Å². The van der Waals surface area contributed by atoms with Crippen LogP contribution in [0.25, 0.3) is 0 Å². The number of aromatic amines is 1. The van der Waals surface area contributed by atoms with Gasteiger partial charge in [-0.15, -0.1) is 0 Å². The molecule has 1 N–H and O–H groups in total. The Labute approximate surface area is 110 Å². The molecule has 0 atom stereocenters. The number of morpholine rings is 1. The number of ether oxygens (including phenoxy) is 1. The molecule has 2 heterocycles. The fourth-order valence-electron chi connectivity index (χ4n) is 2.96. The van der Waals surface area contributed by atoms with Crippen LogP contribution < -0.4 is 5.56 Å². The maximum Gasteiger partial charge on any atom is 0.274 e. The molecule has 6 heteroatoms. The normalized spacial score (nSPS) is 21.8. The minimum Gasteiger partial charge on any atom is -0.371 e. The lowest BCUT2D eigenvalue weighted by Gasteiger charge is -2.40. The Hall–Kier alpha value is -1.69. The van der Waals surface area contributed by atoms with Crippen molar-refractivity contribution in [2.75, 3.05) is 19.7 Å². The average Bonchev–Trinajstić information content (AvgIpc) is 2.87. The van der Waals surface area contributed by atoms with Crippen molar-refractivity contribution < 1.29 is 9.53 Å². The van der Waals surface area contributed by atoms with Crippen molar-refractivity contribution in [1.82, 2.24) is 14.9 Å². The van der Waals surface area contributed by atoms with Crippen LogP contribution in [-0.4, -0.2) is 46.1 Å². The van der Waals surface area contributed by atoms with Crippen LogP contribution in [-0.2, 0) is 4.74 Å². The summed E-state index contributed by atoms with van der Waals surface area (Å²) in [5, 5.41) is 0. The molecular weight excluding hydrogens is 246 g/mol. The average molecular weight is 263 g/mol. The fourth-order valence-corrected chi connectivity index (χ4v) is 2.96. The molecule has 0 unspecified atom stereocenters. The van der Waals surface area contributed by atoms with Gasteiger partial charge in [0.05, 0.1) is 24.9 Å². The van der Waals surface area contributed by atoms with Gasteiger partial charge in [0.2, 0.25) is 0 Å². The third-order valence-corrected chi connectivity index (χ3v) is 3.94. The molecule has 6 nitrogen and oxygen atoms in total. The van der Waals surface area contributed by atoms with Crippen molar-refractivity contribution in [3.8, 4) is 0 Å². The summed E-state index contributed by atoms with van der Waals surface area (Å²) in [7, 11) is 0. The molecule has 19 heavy (non-hydrogen) atoms. The number of amides is 1. The molecule has 1 aliphatic heterocycles. The van der Waals surface area contributed by atoms with Gasteiger partial charge >= 0.3 is 0 Å². The topological polar surface area (TPSA) is 75.3 Å². The summed E-state index contributed by atoms with van der Waals surface area (Å²) in [5.74, 6) is -0.133. The van der Waals surface area contributed by atoms with Gasteiger partial charge in [0.25, 0.3) is 11.5 Å². The zero-order valence-corrected chi connectivity index (χ0v) is 10.7. The summed E-state index contributed by atoms with van der Waals surface area (Å²) < 4.78 is 5.89. The van der Waals surface area contributed by atoms with Gasteiger partial charge in [-0.05, 0) is 12.8 Å². The van der Waals surface area contributed by atoms with E-state index in [0.717, 1.165) is 19.0 Å². The highest BCUT2D eigenvalue weighted by molar-refractivity contribution is 5.92. The summed E-state index contributed by atoms with van der Waals surface area (Å²) in [6.07, 6.45) is 6.89. The molecule has 1 saturated heterocycles. The molecule has 0 aromatic carbocycles. The molecule has 102 valence electrons. The third-order valence-electron chi connectivity index (χ3n) is 3.94. The Morgan fingerprint density at radius 2 is 2.21 bits per heavy atom. The Morgan fingerprint density at radius 1 is 1.42 bits per heavy atom. The van der Waals surface area contributed by atoms with Crippen LogP contribution in [0, 0.1) is 0 Å². The zero-order chi connectivity index (χ0) is 13.3. The summed E-state index contributed by atoms with van der Waals surface area (Å²) in [6, 6.07) is 0. The molecule has 1 aromatic rings. The lowest BCUT2D eigenvalue weighted by atomic mass is 9.99. The second-order valence-electron chi connectivity index (χ2n) is 5.26. The van der Waals surface area contributed by atoms with Crippen molar-refractivity contribution in [3.63, 3.8) is 0 Å². The molecule has 0 radical (unpaired) electrons. The van der Waals surface area contributed by atoms with Crippen LogP contribution in [0.3, 0.4) is 0 Å². The maximum absolute atomic E-state index is 12.3. The molecule has 2 fully saturated rings. The highest BCUT2D eigenvalue weighted by Gasteiger charge is 2.40. The van der Waals surface area contributed by atoms with Gasteiger partial charge in [-0.2, -0.15) is 0 Å². The lowest BCUT2D eigenvalue weighted by molar-refractivity contribution is -0.0949. The van der Waals surface area contributed by atoms with Gasteiger partial charge in [0.1, 0.15) is 5.69 Å². The standard InChI is InChI=1S/C13H17N3O3/c17-11-8-14-10(7-15-11)12(18)16-5-6-19-13(9-16)3-1-2-4-13/h7-8H,1-6,9H2,(H,15,17). The first kappa shape index (κ1) is 12.3. The van der Waals surface area contributed by atoms with Crippen molar-refractivity contribution in [3.05, 3.63) is 28.4 Å². The second kappa shape index (κ2) is 4.77. The summed E-state index contributed by atoms with van der Waals surface area (Å²) >= 11 is 0. The first-order valence-electron chi connectivity index (χ1n) is 6.67. The molecule has 1 aliphatic carbocycles. The SMILES string of the molecule is O=C(c1c[nH]c(=O)cn1)N1CCOC2(CCCC2)C1. The summed E-state index contributed by atoms with van der Waals surface area (Å²) in [4.78, 5) is 31.5. The number of H-pyrrole nitrogens is 1.